The summed E-state index contributed by atoms with van der Waals surface area (Å²) in [6.07, 6.45) is 1.97. The normalized spacial score (nSPS) is 16.8. The van der Waals surface area contributed by atoms with Gasteiger partial charge >= 0.3 is 6.03 Å². The number of urea groups is 1. The third kappa shape index (κ3) is 3.05. The van der Waals surface area contributed by atoms with Crippen molar-refractivity contribution in [2.24, 2.45) is 0 Å². The lowest BCUT2D eigenvalue weighted by Gasteiger charge is -2.31. The fourth-order valence-corrected chi connectivity index (χ4v) is 3.81. The van der Waals surface area contributed by atoms with Crippen molar-refractivity contribution in [3.8, 4) is 0 Å². The average Bonchev–Trinajstić information content (AvgIpc) is 3.02. The molecule has 0 aromatic heterocycles. The molecule has 2 aromatic rings. The number of aryl methyl sites for hydroxylation is 2. The van der Waals surface area contributed by atoms with Crippen LogP contribution in [0.5, 0.6) is 0 Å². The highest BCUT2D eigenvalue weighted by Gasteiger charge is 2.32. The van der Waals surface area contributed by atoms with E-state index in [9.17, 15) is 9.59 Å². The van der Waals surface area contributed by atoms with E-state index in [4.69, 9.17) is 0 Å². The number of para-hydroxylation sites is 1. The van der Waals surface area contributed by atoms with Gasteiger partial charge in [0.25, 0.3) is 0 Å². The molecule has 0 atom stereocenters. The molecule has 0 N–H and O–H groups in total. The van der Waals surface area contributed by atoms with E-state index >= 15 is 0 Å². The Balaban J connectivity index is 1.47. The lowest BCUT2D eigenvalue weighted by Crippen LogP contribution is -2.44. The number of fused-ring (bicyclic) bond motifs is 1. The number of amides is 3. The van der Waals surface area contributed by atoms with Gasteiger partial charge in [-0.05, 0) is 43.5 Å². The third-order valence-electron chi connectivity index (χ3n) is 5.14. The topological polar surface area (TPSA) is 43.9 Å². The van der Waals surface area contributed by atoms with Gasteiger partial charge in [-0.2, -0.15) is 0 Å². The van der Waals surface area contributed by atoms with Crippen LogP contribution in [-0.4, -0.2) is 43.0 Å². The summed E-state index contributed by atoms with van der Waals surface area (Å²) in [4.78, 5) is 30.8. The van der Waals surface area contributed by atoms with Gasteiger partial charge in [-0.1, -0.05) is 35.9 Å². The second-order valence-corrected chi connectivity index (χ2v) is 6.97. The second kappa shape index (κ2) is 6.83. The SMILES string of the molecule is Cc1ccc2c(c1)CCCN2C(=O)CN1CCN(c2ccccc2)C1=O. The number of hydrogen-bond donors (Lipinski definition) is 0. The summed E-state index contributed by atoms with van der Waals surface area (Å²) < 4.78 is 0. The molecule has 3 amide bonds. The highest BCUT2D eigenvalue weighted by Crippen LogP contribution is 2.28. The minimum atomic E-state index is -0.0920. The maximum absolute atomic E-state index is 12.9. The van der Waals surface area contributed by atoms with E-state index in [0.29, 0.717) is 13.1 Å². The third-order valence-corrected chi connectivity index (χ3v) is 5.14. The van der Waals surface area contributed by atoms with Gasteiger partial charge < -0.3 is 9.80 Å². The van der Waals surface area contributed by atoms with Crippen molar-refractivity contribution in [3.05, 3.63) is 59.7 Å². The molecule has 5 heteroatoms. The molecule has 0 bridgehead atoms. The fourth-order valence-electron chi connectivity index (χ4n) is 3.81. The van der Waals surface area contributed by atoms with Gasteiger partial charge in [0, 0.05) is 31.0 Å². The largest absolute Gasteiger partial charge is 0.325 e. The molecule has 2 aliphatic heterocycles. The summed E-state index contributed by atoms with van der Waals surface area (Å²) in [5.41, 5.74) is 4.32. The Morgan fingerprint density at radius 1 is 1.04 bits per heavy atom. The number of benzene rings is 2. The summed E-state index contributed by atoms with van der Waals surface area (Å²) in [6.45, 7) is 4.12. The number of nitrogens with zero attached hydrogens (tertiary/aromatic N) is 3. The summed E-state index contributed by atoms with van der Waals surface area (Å²) in [6, 6.07) is 15.8. The molecule has 2 aliphatic rings. The van der Waals surface area contributed by atoms with E-state index in [-0.39, 0.29) is 18.5 Å². The Morgan fingerprint density at radius 2 is 1.85 bits per heavy atom. The maximum Gasteiger partial charge on any atom is 0.325 e. The maximum atomic E-state index is 12.9. The highest BCUT2D eigenvalue weighted by molar-refractivity contribution is 6.01. The molecular formula is C21H23N3O2. The Bertz CT molecular complexity index is 834. The van der Waals surface area contributed by atoms with Crippen LogP contribution in [0, 0.1) is 6.92 Å². The molecule has 1 fully saturated rings. The molecular weight excluding hydrogens is 326 g/mol. The predicted octanol–water partition coefficient (Wildman–Crippen LogP) is 3.22. The molecule has 1 saturated heterocycles. The lowest BCUT2D eigenvalue weighted by molar-refractivity contribution is -0.119. The highest BCUT2D eigenvalue weighted by atomic mass is 16.2. The van der Waals surface area contributed by atoms with Gasteiger partial charge in [0.05, 0.1) is 0 Å². The minimum absolute atomic E-state index is 0.00179. The summed E-state index contributed by atoms with van der Waals surface area (Å²) in [7, 11) is 0. The number of carbonyl (C=O) groups excluding carboxylic acids is 2. The molecule has 4 rings (SSSR count). The summed E-state index contributed by atoms with van der Waals surface area (Å²) >= 11 is 0. The first-order chi connectivity index (χ1) is 12.6. The summed E-state index contributed by atoms with van der Waals surface area (Å²) in [5, 5.41) is 0. The van der Waals surface area contributed by atoms with E-state index in [1.54, 1.807) is 9.80 Å². The molecule has 0 unspecified atom stereocenters. The summed E-state index contributed by atoms with van der Waals surface area (Å²) in [5.74, 6) is -0.00179. The molecule has 0 saturated carbocycles. The predicted molar refractivity (Wildman–Crippen MR) is 103 cm³/mol. The van der Waals surface area contributed by atoms with E-state index in [0.717, 1.165) is 30.8 Å². The van der Waals surface area contributed by atoms with Gasteiger partial charge in [0.2, 0.25) is 5.91 Å². The minimum Gasteiger partial charge on any atom is -0.313 e. The van der Waals surface area contributed by atoms with Gasteiger partial charge in [-0.3, -0.25) is 9.69 Å². The fraction of sp³-hybridized carbons (Fsp3) is 0.333. The number of carbonyl (C=O) groups is 2. The first-order valence-corrected chi connectivity index (χ1v) is 9.15. The number of anilines is 2. The lowest BCUT2D eigenvalue weighted by atomic mass is 9.99. The van der Waals surface area contributed by atoms with Crippen LogP contribution >= 0.6 is 0 Å². The van der Waals surface area contributed by atoms with Crippen molar-refractivity contribution in [2.45, 2.75) is 19.8 Å². The van der Waals surface area contributed by atoms with Crippen molar-refractivity contribution >= 4 is 23.3 Å². The van der Waals surface area contributed by atoms with Gasteiger partial charge in [0.1, 0.15) is 6.54 Å². The average molecular weight is 349 g/mol. The Morgan fingerprint density at radius 3 is 2.65 bits per heavy atom. The van der Waals surface area contributed by atoms with E-state index < -0.39 is 0 Å². The molecule has 2 aromatic carbocycles. The van der Waals surface area contributed by atoms with Crippen LogP contribution in [0.1, 0.15) is 17.5 Å². The Hall–Kier alpha value is -2.82. The van der Waals surface area contributed by atoms with Crippen molar-refractivity contribution < 1.29 is 9.59 Å². The van der Waals surface area contributed by atoms with Gasteiger partial charge in [-0.15, -0.1) is 0 Å². The Kier molecular flexibility index (Phi) is 4.37. The van der Waals surface area contributed by atoms with Gasteiger partial charge in [0.15, 0.2) is 0 Å². The van der Waals surface area contributed by atoms with Crippen LogP contribution < -0.4 is 9.80 Å². The van der Waals surface area contributed by atoms with Crippen LogP contribution in [-0.2, 0) is 11.2 Å². The van der Waals surface area contributed by atoms with Crippen LogP contribution in [0.25, 0.3) is 0 Å². The number of hydrogen-bond acceptors (Lipinski definition) is 2. The van der Waals surface area contributed by atoms with Crippen LogP contribution in [0.3, 0.4) is 0 Å². The van der Waals surface area contributed by atoms with Crippen LogP contribution in [0.4, 0.5) is 16.2 Å². The monoisotopic (exact) mass is 349 g/mol. The van der Waals surface area contributed by atoms with Crippen molar-refractivity contribution in [1.29, 1.82) is 0 Å². The molecule has 26 heavy (non-hydrogen) atoms. The quantitative estimate of drug-likeness (QED) is 0.854. The smallest absolute Gasteiger partial charge is 0.313 e. The van der Waals surface area contributed by atoms with E-state index in [1.165, 1.54) is 11.1 Å². The number of rotatable bonds is 3. The van der Waals surface area contributed by atoms with Crippen molar-refractivity contribution in [2.75, 3.05) is 36.0 Å². The molecule has 0 spiro atoms. The zero-order chi connectivity index (χ0) is 18.1. The molecule has 134 valence electrons. The standard InChI is InChI=1S/C21H23N3O2/c1-16-9-10-19-17(14-16)6-5-11-24(19)20(25)15-22-12-13-23(21(22)26)18-7-3-2-4-8-18/h2-4,7-10,14H,5-6,11-13,15H2,1H3. The zero-order valence-corrected chi connectivity index (χ0v) is 15.0. The van der Waals surface area contributed by atoms with Crippen molar-refractivity contribution in [3.63, 3.8) is 0 Å². The Labute approximate surface area is 153 Å². The van der Waals surface area contributed by atoms with Crippen LogP contribution in [0.15, 0.2) is 48.5 Å². The first-order valence-electron chi connectivity index (χ1n) is 9.15. The molecule has 5 nitrogen and oxygen atoms in total. The molecule has 0 aliphatic carbocycles. The second-order valence-electron chi connectivity index (χ2n) is 6.97. The van der Waals surface area contributed by atoms with Gasteiger partial charge in [-0.25, -0.2) is 4.79 Å². The van der Waals surface area contributed by atoms with E-state index in [2.05, 4.69) is 13.0 Å². The van der Waals surface area contributed by atoms with E-state index in [1.807, 2.05) is 47.4 Å². The van der Waals surface area contributed by atoms with Crippen molar-refractivity contribution in [1.82, 2.24) is 4.90 Å². The molecule has 0 radical (unpaired) electrons. The molecule has 2 heterocycles. The zero-order valence-electron chi connectivity index (χ0n) is 15.0. The van der Waals surface area contributed by atoms with Crippen LogP contribution in [0.2, 0.25) is 0 Å². The first kappa shape index (κ1) is 16.6.